The lowest BCUT2D eigenvalue weighted by Crippen LogP contribution is -2.53. The molecule has 1 unspecified atom stereocenters. The van der Waals surface area contributed by atoms with Crippen LogP contribution in [0.1, 0.15) is 25.3 Å². The Labute approximate surface area is 159 Å². The van der Waals surface area contributed by atoms with Crippen LogP contribution in [0, 0.1) is 11.8 Å². The van der Waals surface area contributed by atoms with E-state index in [9.17, 15) is 14.7 Å². The van der Waals surface area contributed by atoms with Crippen LogP contribution in [0.15, 0.2) is 35.9 Å². The van der Waals surface area contributed by atoms with Gasteiger partial charge in [0.1, 0.15) is 0 Å². The number of piperidine rings is 1. The van der Waals surface area contributed by atoms with Crippen LogP contribution in [-0.4, -0.2) is 54.7 Å². The lowest BCUT2D eigenvalue weighted by Gasteiger charge is -2.43. The monoisotopic (exact) mass is 370 g/mol. The van der Waals surface area contributed by atoms with E-state index in [-0.39, 0.29) is 24.5 Å². The molecule has 2 N–H and O–H groups in total. The number of nitrogens with one attached hydrogen (secondary N) is 1. The fourth-order valence-corrected chi connectivity index (χ4v) is 5.40. The number of aliphatic hydroxyl groups is 1. The molecule has 1 spiro atoms. The molecular formula is C21H26N2O4. The van der Waals surface area contributed by atoms with E-state index in [1.165, 1.54) is 7.11 Å². The van der Waals surface area contributed by atoms with Gasteiger partial charge in [-0.25, -0.2) is 0 Å². The third-order valence-corrected chi connectivity index (χ3v) is 6.76. The maximum absolute atomic E-state index is 13.1. The molecule has 4 atom stereocenters. The van der Waals surface area contributed by atoms with Gasteiger partial charge in [0.05, 0.1) is 25.0 Å². The van der Waals surface area contributed by atoms with Crippen LogP contribution in [0.5, 0.6) is 0 Å². The van der Waals surface area contributed by atoms with Crippen LogP contribution in [-0.2, 0) is 19.7 Å². The molecule has 6 heteroatoms. The Kier molecular flexibility index (Phi) is 4.56. The molecule has 0 aliphatic carbocycles. The molecular weight excluding hydrogens is 344 g/mol. The van der Waals surface area contributed by atoms with Crippen LogP contribution in [0.2, 0.25) is 0 Å². The molecule has 2 fully saturated rings. The highest BCUT2D eigenvalue weighted by Gasteiger charge is 2.59. The predicted octanol–water partition coefficient (Wildman–Crippen LogP) is 1.70. The Morgan fingerprint density at radius 3 is 2.96 bits per heavy atom. The van der Waals surface area contributed by atoms with Crippen molar-refractivity contribution in [1.82, 2.24) is 4.90 Å². The first-order chi connectivity index (χ1) is 13.1. The fraction of sp³-hybridized carbons (Fsp3) is 0.524. The van der Waals surface area contributed by atoms with E-state index in [0.29, 0.717) is 6.42 Å². The minimum atomic E-state index is -0.597. The number of rotatable bonds is 3. The summed E-state index contributed by atoms with van der Waals surface area (Å²) in [5.41, 5.74) is 2.51. The SMILES string of the molecule is C/C=C1\CN2CC[C@@]3(C(=O)Nc4ccccc43)[C@@H]2C[C@@H]1C(CO)C(=O)OC. The number of carbonyl (C=O) groups is 2. The molecule has 1 aromatic carbocycles. The first-order valence-corrected chi connectivity index (χ1v) is 9.55. The molecule has 3 heterocycles. The number of allylic oxidation sites excluding steroid dienone is 1. The Morgan fingerprint density at radius 1 is 1.48 bits per heavy atom. The number of benzene rings is 1. The van der Waals surface area contributed by atoms with E-state index in [1.54, 1.807) is 0 Å². The number of fused-ring (bicyclic) bond motifs is 4. The molecule has 0 bridgehead atoms. The van der Waals surface area contributed by atoms with Crippen molar-refractivity contribution in [1.29, 1.82) is 0 Å². The predicted molar refractivity (Wildman–Crippen MR) is 101 cm³/mol. The van der Waals surface area contributed by atoms with Crippen molar-refractivity contribution in [3.63, 3.8) is 0 Å². The van der Waals surface area contributed by atoms with Gasteiger partial charge in [0.15, 0.2) is 0 Å². The first kappa shape index (κ1) is 18.2. The van der Waals surface area contributed by atoms with Gasteiger partial charge in [-0.2, -0.15) is 0 Å². The molecule has 27 heavy (non-hydrogen) atoms. The van der Waals surface area contributed by atoms with Crippen molar-refractivity contribution in [2.45, 2.75) is 31.2 Å². The molecule has 1 aromatic rings. The van der Waals surface area contributed by atoms with Gasteiger partial charge in [-0.15, -0.1) is 0 Å². The molecule has 1 amide bonds. The van der Waals surface area contributed by atoms with E-state index < -0.39 is 17.3 Å². The van der Waals surface area contributed by atoms with Crippen molar-refractivity contribution in [3.8, 4) is 0 Å². The molecule has 0 radical (unpaired) electrons. The van der Waals surface area contributed by atoms with Gasteiger partial charge >= 0.3 is 5.97 Å². The normalized spacial score (nSPS) is 32.3. The van der Waals surface area contributed by atoms with Crippen molar-refractivity contribution < 1.29 is 19.4 Å². The summed E-state index contributed by atoms with van der Waals surface area (Å²) >= 11 is 0. The van der Waals surface area contributed by atoms with Gasteiger partial charge < -0.3 is 15.2 Å². The molecule has 0 saturated carbocycles. The minimum absolute atomic E-state index is 0.00792. The number of hydrogen-bond donors (Lipinski definition) is 2. The highest BCUT2D eigenvalue weighted by molar-refractivity contribution is 6.07. The zero-order valence-electron chi connectivity index (χ0n) is 15.8. The lowest BCUT2D eigenvalue weighted by molar-refractivity contribution is -0.149. The van der Waals surface area contributed by atoms with Crippen LogP contribution >= 0.6 is 0 Å². The number of esters is 1. The summed E-state index contributed by atoms with van der Waals surface area (Å²) in [5, 5.41) is 12.9. The number of ether oxygens (including phenoxy) is 1. The molecule has 4 rings (SSSR count). The van der Waals surface area contributed by atoms with Crippen LogP contribution in [0.3, 0.4) is 0 Å². The van der Waals surface area contributed by atoms with E-state index in [4.69, 9.17) is 4.74 Å². The highest BCUT2D eigenvalue weighted by atomic mass is 16.5. The number of carbonyl (C=O) groups excluding carboxylic acids is 2. The van der Waals surface area contributed by atoms with Gasteiger partial charge in [-0.3, -0.25) is 14.5 Å². The Bertz CT molecular complexity index is 805. The lowest BCUT2D eigenvalue weighted by atomic mass is 9.68. The Morgan fingerprint density at radius 2 is 2.26 bits per heavy atom. The molecule has 2 saturated heterocycles. The number of para-hydroxylation sites is 1. The van der Waals surface area contributed by atoms with Crippen molar-refractivity contribution in [2.75, 3.05) is 32.1 Å². The average Bonchev–Trinajstić information content (AvgIpc) is 3.20. The summed E-state index contributed by atoms with van der Waals surface area (Å²) in [5.74, 6) is -1.05. The van der Waals surface area contributed by atoms with Crippen molar-refractivity contribution in [2.24, 2.45) is 11.8 Å². The fourth-order valence-electron chi connectivity index (χ4n) is 5.40. The molecule has 3 aliphatic rings. The molecule has 3 aliphatic heterocycles. The number of anilines is 1. The maximum Gasteiger partial charge on any atom is 0.311 e. The zero-order chi connectivity index (χ0) is 19.2. The maximum atomic E-state index is 13.1. The second-order valence-electron chi connectivity index (χ2n) is 7.73. The Hall–Kier alpha value is -2.18. The minimum Gasteiger partial charge on any atom is -0.469 e. The van der Waals surface area contributed by atoms with Crippen molar-refractivity contribution >= 4 is 17.6 Å². The summed E-state index contributed by atoms with van der Waals surface area (Å²) < 4.78 is 4.94. The number of nitrogens with zero attached hydrogens (tertiary/aromatic N) is 1. The summed E-state index contributed by atoms with van der Waals surface area (Å²) in [6, 6.07) is 7.92. The molecule has 144 valence electrons. The summed E-state index contributed by atoms with van der Waals surface area (Å²) in [7, 11) is 1.35. The Balaban J connectivity index is 1.74. The zero-order valence-corrected chi connectivity index (χ0v) is 15.8. The third kappa shape index (κ3) is 2.54. The van der Waals surface area contributed by atoms with Gasteiger partial charge in [-0.1, -0.05) is 29.8 Å². The summed E-state index contributed by atoms with van der Waals surface area (Å²) in [6.45, 7) is 3.28. The van der Waals surface area contributed by atoms with Crippen LogP contribution in [0.4, 0.5) is 5.69 Å². The van der Waals surface area contributed by atoms with E-state index in [1.807, 2.05) is 37.3 Å². The van der Waals surface area contributed by atoms with E-state index in [0.717, 1.165) is 36.3 Å². The molecule has 6 nitrogen and oxygen atoms in total. The second kappa shape index (κ2) is 6.77. The summed E-state index contributed by atoms with van der Waals surface area (Å²) in [6.07, 6.45) is 3.47. The van der Waals surface area contributed by atoms with Gasteiger partial charge in [0.2, 0.25) is 5.91 Å². The highest BCUT2D eigenvalue weighted by Crippen LogP contribution is 2.52. The number of amides is 1. The number of methoxy groups -OCH3 is 1. The smallest absolute Gasteiger partial charge is 0.311 e. The number of aliphatic hydroxyl groups excluding tert-OH is 1. The van der Waals surface area contributed by atoms with Gasteiger partial charge in [0.25, 0.3) is 0 Å². The third-order valence-electron chi connectivity index (χ3n) is 6.76. The van der Waals surface area contributed by atoms with E-state index >= 15 is 0 Å². The summed E-state index contributed by atoms with van der Waals surface area (Å²) in [4.78, 5) is 27.7. The second-order valence-corrected chi connectivity index (χ2v) is 7.73. The van der Waals surface area contributed by atoms with Gasteiger partial charge in [0, 0.05) is 24.8 Å². The largest absolute Gasteiger partial charge is 0.469 e. The van der Waals surface area contributed by atoms with Gasteiger partial charge in [-0.05, 0) is 37.3 Å². The first-order valence-electron chi connectivity index (χ1n) is 9.55. The topological polar surface area (TPSA) is 78.9 Å². The molecule has 0 aromatic heterocycles. The number of hydrogen-bond acceptors (Lipinski definition) is 5. The standard InChI is InChI=1S/C21H26N2O4/c1-3-13-11-23-9-8-21(16-6-4-5-7-17(16)22-20(21)26)18(23)10-14(13)15(12-24)19(25)27-2/h3-7,14-15,18,24H,8-12H2,1-2H3,(H,22,26)/b13-3+/t14-,15?,18-,21-/m0/s1. The van der Waals surface area contributed by atoms with Crippen molar-refractivity contribution in [3.05, 3.63) is 41.5 Å². The van der Waals surface area contributed by atoms with Crippen LogP contribution in [0.25, 0.3) is 0 Å². The quantitative estimate of drug-likeness (QED) is 0.625. The van der Waals surface area contributed by atoms with E-state index in [2.05, 4.69) is 10.2 Å². The van der Waals surface area contributed by atoms with Crippen LogP contribution < -0.4 is 5.32 Å². The average molecular weight is 370 g/mol.